The van der Waals surface area contributed by atoms with Crippen LogP contribution in [0.3, 0.4) is 0 Å². The fourth-order valence-electron chi connectivity index (χ4n) is 1.48. The van der Waals surface area contributed by atoms with Gasteiger partial charge in [-0.1, -0.05) is 33.3 Å². The van der Waals surface area contributed by atoms with Crippen LogP contribution < -0.4 is 0 Å². The van der Waals surface area contributed by atoms with Gasteiger partial charge in [0.15, 0.2) is 0 Å². The van der Waals surface area contributed by atoms with E-state index in [-0.39, 0.29) is 10.6 Å². The van der Waals surface area contributed by atoms with Gasteiger partial charge in [0.1, 0.15) is 10.0 Å². The van der Waals surface area contributed by atoms with Crippen molar-refractivity contribution in [2.45, 2.75) is 12.6 Å². The molecule has 0 bridgehead atoms. The van der Waals surface area contributed by atoms with Crippen LogP contribution in [-0.2, 0) is 12.6 Å². The van der Waals surface area contributed by atoms with E-state index in [1.165, 1.54) is 6.07 Å². The molecule has 0 aliphatic carbocycles. The standard InChI is InChI=1S/C11H7BrClF3N2S/c12-6-1-2-7(8(5-6)11(14,15)16)10-18-17-9(19-10)3-4-13/h1-2,5H,3-4H2. The summed E-state index contributed by atoms with van der Waals surface area (Å²) in [5, 5.41) is 8.51. The molecule has 0 amide bonds. The first-order valence-corrected chi connectivity index (χ1v) is 7.31. The summed E-state index contributed by atoms with van der Waals surface area (Å²) in [5.41, 5.74) is -0.690. The molecule has 2 aromatic rings. The van der Waals surface area contributed by atoms with Gasteiger partial charge >= 0.3 is 6.18 Å². The fourth-order valence-corrected chi connectivity index (χ4v) is 3.01. The Bertz CT molecular complexity index is 586. The summed E-state index contributed by atoms with van der Waals surface area (Å²) in [5.74, 6) is 0.362. The van der Waals surface area contributed by atoms with Crippen LogP contribution in [0.15, 0.2) is 22.7 Å². The number of benzene rings is 1. The van der Waals surface area contributed by atoms with E-state index in [1.807, 2.05) is 0 Å². The third kappa shape index (κ3) is 3.46. The highest BCUT2D eigenvalue weighted by molar-refractivity contribution is 9.10. The minimum atomic E-state index is -4.43. The summed E-state index contributed by atoms with van der Waals surface area (Å²) in [4.78, 5) is 0. The van der Waals surface area contributed by atoms with E-state index >= 15 is 0 Å². The molecule has 8 heteroatoms. The lowest BCUT2D eigenvalue weighted by Gasteiger charge is -2.11. The molecule has 0 radical (unpaired) electrons. The van der Waals surface area contributed by atoms with Gasteiger partial charge in [0.25, 0.3) is 0 Å². The second kappa shape index (κ2) is 5.76. The van der Waals surface area contributed by atoms with Crippen LogP contribution >= 0.6 is 38.9 Å². The number of aryl methyl sites for hydroxylation is 1. The summed E-state index contributed by atoms with van der Waals surface area (Å²) < 4.78 is 39.3. The largest absolute Gasteiger partial charge is 0.417 e. The number of halogens is 5. The van der Waals surface area contributed by atoms with E-state index in [4.69, 9.17) is 11.6 Å². The van der Waals surface area contributed by atoms with Gasteiger partial charge in [0, 0.05) is 22.3 Å². The predicted octanol–water partition coefficient (Wildman–Crippen LogP) is 4.77. The zero-order chi connectivity index (χ0) is 14.0. The first-order valence-electron chi connectivity index (χ1n) is 5.17. The molecule has 0 aliphatic heterocycles. The molecule has 0 spiro atoms. The lowest BCUT2D eigenvalue weighted by atomic mass is 10.1. The minimum absolute atomic E-state index is 0.0361. The molecule has 0 aliphatic rings. The van der Waals surface area contributed by atoms with E-state index in [0.29, 0.717) is 21.8 Å². The maximum Gasteiger partial charge on any atom is 0.417 e. The van der Waals surface area contributed by atoms with Crippen LogP contribution in [0.4, 0.5) is 13.2 Å². The quantitative estimate of drug-likeness (QED) is 0.727. The van der Waals surface area contributed by atoms with Crippen molar-refractivity contribution in [3.05, 3.63) is 33.2 Å². The van der Waals surface area contributed by atoms with Crippen LogP contribution in [0, 0.1) is 0 Å². The molecule has 0 saturated heterocycles. The number of nitrogens with zero attached hydrogens (tertiary/aromatic N) is 2. The molecule has 0 atom stereocenters. The monoisotopic (exact) mass is 370 g/mol. The van der Waals surface area contributed by atoms with Gasteiger partial charge < -0.3 is 0 Å². The summed E-state index contributed by atoms with van der Waals surface area (Å²) >= 11 is 9.73. The molecule has 0 fully saturated rings. The third-order valence-corrected chi connectivity index (χ3v) is 3.99. The van der Waals surface area contributed by atoms with Crippen molar-refractivity contribution in [1.29, 1.82) is 0 Å². The number of hydrogen-bond acceptors (Lipinski definition) is 3. The van der Waals surface area contributed by atoms with Gasteiger partial charge in [-0.2, -0.15) is 13.2 Å². The molecular weight excluding hydrogens is 365 g/mol. The van der Waals surface area contributed by atoms with Crippen LogP contribution in [0.1, 0.15) is 10.6 Å². The zero-order valence-corrected chi connectivity index (χ0v) is 12.5. The molecule has 0 N–H and O–H groups in total. The maximum atomic E-state index is 13.0. The lowest BCUT2D eigenvalue weighted by molar-refractivity contribution is -0.137. The smallest absolute Gasteiger partial charge is 0.166 e. The molecule has 19 heavy (non-hydrogen) atoms. The van der Waals surface area contributed by atoms with Gasteiger partial charge in [0.2, 0.25) is 0 Å². The summed E-state index contributed by atoms with van der Waals surface area (Å²) in [6.45, 7) is 0. The molecule has 2 rings (SSSR count). The summed E-state index contributed by atoms with van der Waals surface area (Å²) in [6.07, 6.45) is -3.94. The number of aromatic nitrogens is 2. The highest BCUT2D eigenvalue weighted by Crippen LogP contribution is 2.39. The lowest BCUT2D eigenvalue weighted by Crippen LogP contribution is -2.07. The second-order valence-corrected chi connectivity index (χ2v) is 5.98. The molecule has 1 heterocycles. The molecular formula is C11H7BrClF3N2S. The SMILES string of the molecule is FC(F)(F)c1cc(Br)ccc1-c1nnc(CCCl)s1. The van der Waals surface area contributed by atoms with Crippen molar-refractivity contribution >= 4 is 38.9 Å². The molecule has 1 aromatic heterocycles. The predicted molar refractivity (Wildman–Crippen MR) is 72.5 cm³/mol. The third-order valence-electron chi connectivity index (χ3n) is 2.29. The Hall–Kier alpha value is -0.660. The van der Waals surface area contributed by atoms with E-state index < -0.39 is 11.7 Å². The van der Waals surface area contributed by atoms with E-state index in [2.05, 4.69) is 26.1 Å². The van der Waals surface area contributed by atoms with Gasteiger partial charge in [-0.3, -0.25) is 0 Å². The molecule has 0 unspecified atom stereocenters. The first-order chi connectivity index (χ1) is 8.91. The molecule has 2 nitrogen and oxygen atoms in total. The average molecular weight is 372 g/mol. The highest BCUT2D eigenvalue weighted by Gasteiger charge is 2.34. The van der Waals surface area contributed by atoms with Crippen molar-refractivity contribution in [2.24, 2.45) is 0 Å². The Morgan fingerprint density at radius 2 is 2.00 bits per heavy atom. The van der Waals surface area contributed by atoms with Crippen molar-refractivity contribution in [1.82, 2.24) is 10.2 Å². The topological polar surface area (TPSA) is 25.8 Å². The summed E-state index contributed by atoms with van der Waals surface area (Å²) in [7, 11) is 0. The summed E-state index contributed by atoms with van der Waals surface area (Å²) in [6, 6.07) is 3.98. The van der Waals surface area contributed by atoms with E-state index in [1.54, 1.807) is 6.07 Å². The van der Waals surface area contributed by atoms with Gasteiger partial charge in [0.05, 0.1) is 5.56 Å². The Morgan fingerprint density at radius 1 is 1.26 bits per heavy atom. The number of alkyl halides is 4. The fraction of sp³-hybridized carbons (Fsp3) is 0.273. The Morgan fingerprint density at radius 3 is 2.63 bits per heavy atom. The minimum Gasteiger partial charge on any atom is -0.166 e. The maximum absolute atomic E-state index is 13.0. The molecule has 0 saturated carbocycles. The first kappa shape index (κ1) is 14.7. The average Bonchev–Trinajstić information content (AvgIpc) is 2.77. The van der Waals surface area contributed by atoms with Crippen LogP contribution in [0.5, 0.6) is 0 Å². The highest BCUT2D eigenvalue weighted by atomic mass is 79.9. The molecule has 1 aromatic carbocycles. The van der Waals surface area contributed by atoms with E-state index in [9.17, 15) is 13.2 Å². The zero-order valence-electron chi connectivity index (χ0n) is 9.34. The van der Waals surface area contributed by atoms with Crippen molar-refractivity contribution < 1.29 is 13.2 Å². The van der Waals surface area contributed by atoms with E-state index in [0.717, 1.165) is 17.4 Å². The number of hydrogen-bond donors (Lipinski definition) is 0. The normalized spacial score (nSPS) is 11.8. The van der Waals surface area contributed by atoms with Crippen LogP contribution in [-0.4, -0.2) is 16.1 Å². The Kier molecular flexibility index (Phi) is 4.47. The van der Waals surface area contributed by atoms with Crippen molar-refractivity contribution in [3.63, 3.8) is 0 Å². The Balaban J connectivity index is 2.48. The van der Waals surface area contributed by atoms with Gasteiger partial charge in [-0.15, -0.1) is 21.8 Å². The van der Waals surface area contributed by atoms with Crippen molar-refractivity contribution in [3.8, 4) is 10.6 Å². The second-order valence-electron chi connectivity index (χ2n) is 3.63. The van der Waals surface area contributed by atoms with Crippen molar-refractivity contribution in [2.75, 3.05) is 5.88 Å². The van der Waals surface area contributed by atoms with Crippen LogP contribution in [0.25, 0.3) is 10.6 Å². The Labute approximate surface area is 124 Å². The van der Waals surface area contributed by atoms with Crippen LogP contribution in [0.2, 0.25) is 0 Å². The number of rotatable bonds is 3. The van der Waals surface area contributed by atoms with Gasteiger partial charge in [-0.25, -0.2) is 0 Å². The van der Waals surface area contributed by atoms with Gasteiger partial charge in [-0.05, 0) is 12.1 Å². The molecule has 102 valence electrons.